The van der Waals surface area contributed by atoms with Crippen LogP contribution >= 0.6 is 0 Å². The first-order valence-electron chi connectivity index (χ1n) is 6.61. The maximum atomic E-state index is 13.7. The molecule has 3 rings (SSSR count). The van der Waals surface area contributed by atoms with E-state index in [-0.39, 0.29) is 5.56 Å². The third kappa shape index (κ3) is 2.33. The Morgan fingerprint density at radius 3 is 2.65 bits per heavy atom. The maximum Gasteiger partial charge on any atom is 0.131 e. The second kappa shape index (κ2) is 5.12. The Labute approximate surface area is 116 Å². The lowest BCUT2D eigenvalue weighted by molar-refractivity contribution is 0.357. The van der Waals surface area contributed by atoms with E-state index in [2.05, 4.69) is 5.32 Å². The fourth-order valence-corrected chi connectivity index (χ4v) is 2.52. The van der Waals surface area contributed by atoms with Gasteiger partial charge >= 0.3 is 0 Å². The second-order valence-corrected chi connectivity index (χ2v) is 4.92. The normalized spacial score (nSPS) is 14.6. The van der Waals surface area contributed by atoms with Gasteiger partial charge in [0.25, 0.3) is 0 Å². The summed E-state index contributed by atoms with van der Waals surface area (Å²) >= 11 is 0. The summed E-state index contributed by atoms with van der Waals surface area (Å²) in [5.41, 5.74) is 2.02. The number of rotatable bonds is 3. The molecule has 2 nitrogen and oxygen atoms in total. The highest BCUT2D eigenvalue weighted by atomic mass is 19.1. The average molecular weight is 275 g/mol. The van der Waals surface area contributed by atoms with E-state index >= 15 is 0 Å². The summed E-state index contributed by atoms with van der Waals surface area (Å²) in [7, 11) is 0. The van der Waals surface area contributed by atoms with E-state index in [1.54, 1.807) is 6.92 Å². The predicted octanol–water partition coefficient (Wildman–Crippen LogP) is 4.07. The highest BCUT2D eigenvalue weighted by Crippen LogP contribution is 2.30. The van der Waals surface area contributed by atoms with Crippen LogP contribution in [0.15, 0.2) is 36.4 Å². The summed E-state index contributed by atoms with van der Waals surface area (Å²) in [5, 5.41) is 3.13. The van der Waals surface area contributed by atoms with Crippen molar-refractivity contribution in [3.05, 3.63) is 59.2 Å². The lowest BCUT2D eigenvalue weighted by Gasteiger charge is -2.17. The van der Waals surface area contributed by atoms with Crippen LogP contribution in [0.3, 0.4) is 0 Å². The number of fused-ring (bicyclic) bond motifs is 1. The Bertz CT molecular complexity index is 622. The minimum atomic E-state index is -0.533. The molecule has 1 heterocycles. The van der Waals surface area contributed by atoms with Crippen LogP contribution < -0.4 is 10.1 Å². The van der Waals surface area contributed by atoms with Gasteiger partial charge in [-0.25, -0.2) is 8.78 Å². The Hall–Kier alpha value is -2.10. The Kier molecular flexibility index (Phi) is 3.30. The molecule has 104 valence electrons. The van der Waals surface area contributed by atoms with Crippen LogP contribution in [0, 0.1) is 11.6 Å². The van der Waals surface area contributed by atoms with Gasteiger partial charge in [-0.05, 0) is 42.8 Å². The number of nitrogens with one attached hydrogen (secondary N) is 1. The van der Waals surface area contributed by atoms with Gasteiger partial charge in [0.2, 0.25) is 0 Å². The van der Waals surface area contributed by atoms with Crippen molar-refractivity contribution in [2.24, 2.45) is 0 Å². The predicted molar refractivity (Wildman–Crippen MR) is 74.0 cm³/mol. The summed E-state index contributed by atoms with van der Waals surface area (Å²) in [4.78, 5) is 0. The fourth-order valence-electron chi connectivity index (χ4n) is 2.52. The van der Waals surface area contributed by atoms with Crippen LogP contribution in [0.4, 0.5) is 14.5 Å². The van der Waals surface area contributed by atoms with Gasteiger partial charge in [-0.1, -0.05) is 6.07 Å². The van der Waals surface area contributed by atoms with E-state index in [0.717, 1.165) is 23.4 Å². The molecule has 1 aliphatic rings. The minimum absolute atomic E-state index is 0.0595. The van der Waals surface area contributed by atoms with E-state index in [9.17, 15) is 8.78 Å². The van der Waals surface area contributed by atoms with E-state index < -0.39 is 17.7 Å². The molecule has 0 saturated heterocycles. The van der Waals surface area contributed by atoms with Crippen molar-refractivity contribution in [3.63, 3.8) is 0 Å². The van der Waals surface area contributed by atoms with Gasteiger partial charge in [-0.3, -0.25) is 0 Å². The number of benzene rings is 2. The molecule has 0 saturated carbocycles. The van der Waals surface area contributed by atoms with Crippen molar-refractivity contribution in [1.82, 2.24) is 0 Å². The molecule has 0 radical (unpaired) electrons. The SMILES string of the molecule is CC(Nc1ccc2c(c1)CCO2)c1c(F)cccc1F. The summed E-state index contributed by atoms with van der Waals surface area (Å²) in [6, 6.07) is 9.18. The third-order valence-corrected chi connectivity index (χ3v) is 3.51. The summed E-state index contributed by atoms with van der Waals surface area (Å²) < 4.78 is 32.9. The molecule has 1 aliphatic heterocycles. The first-order chi connectivity index (χ1) is 9.65. The van der Waals surface area contributed by atoms with Crippen LogP contribution in [0.1, 0.15) is 24.1 Å². The van der Waals surface area contributed by atoms with E-state index in [0.29, 0.717) is 6.61 Å². The van der Waals surface area contributed by atoms with Gasteiger partial charge in [-0.15, -0.1) is 0 Å². The van der Waals surface area contributed by atoms with Crippen molar-refractivity contribution >= 4 is 5.69 Å². The van der Waals surface area contributed by atoms with Crippen LogP contribution in [0.2, 0.25) is 0 Å². The molecular weight excluding hydrogens is 260 g/mol. The van der Waals surface area contributed by atoms with Crippen LogP contribution in [0.25, 0.3) is 0 Å². The molecule has 0 bridgehead atoms. The topological polar surface area (TPSA) is 21.3 Å². The first-order valence-corrected chi connectivity index (χ1v) is 6.61. The number of ether oxygens (including phenoxy) is 1. The van der Waals surface area contributed by atoms with E-state index in [1.807, 2.05) is 18.2 Å². The van der Waals surface area contributed by atoms with Crippen LogP contribution in [-0.4, -0.2) is 6.61 Å². The Morgan fingerprint density at radius 2 is 1.90 bits per heavy atom. The summed E-state index contributed by atoms with van der Waals surface area (Å²) in [6.45, 7) is 2.43. The number of hydrogen-bond donors (Lipinski definition) is 1. The first kappa shape index (κ1) is 12.9. The molecule has 2 aromatic rings. The highest BCUT2D eigenvalue weighted by Gasteiger charge is 2.17. The molecule has 2 aromatic carbocycles. The Balaban J connectivity index is 1.84. The molecule has 1 N–H and O–H groups in total. The molecular formula is C16H15F2NO. The zero-order valence-electron chi connectivity index (χ0n) is 11.1. The largest absolute Gasteiger partial charge is 0.493 e. The van der Waals surface area contributed by atoms with Crippen LogP contribution in [-0.2, 0) is 6.42 Å². The zero-order valence-corrected chi connectivity index (χ0v) is 11.1. The van der Waals surface area contributed by atoms with Crippen molar-refractivity contribution in [2.75, 3.05) is 11.9 Å². The molecule has 4 heteroatoms. The average Bonchev–Trinajstić information content (AvgIpc) is 2.85. The molecule has 1 atom stereocenters. The number of halogens is 2. The smallest absolute Gasteiger partial charge is 0.131 e. The van der Waals surface area contributed by atoms with E-state index in [1.165, 1.54) is 18.2 Å². The van der Waals surface area contributed by atoms with Crippen molar-refractivity contribution in [1.29, 1.82) is 0 Å². The van der Waals surface area contributed by atoms with Crippen molar-refractivity contribution in [2.45, 2.75) is 19.4 Å². The Morgan fingerprint density at radius 1 is 1.15 bits per heavy atom. The summed E-state index contributed by atoms with van der Waals surface area (Å²) in [6.07, 6.45) is 0.868. The third-order valence-electron chi connectivity index (χ3n) is 3.51. The van der Waals surface area contributed by atoms with Gasteiger partial charge in [0, 0.05) is 17.7 Å². The molecule has 0 amide bonds. The van der Waals surface area contributed by atoms with Gasteiger partial charge in [0.15, 0.2) is 0 Å². The molecule has 20 heavy (non-hydrogen) atoms. The molecule has 0 spiro atoms. The van der Waals surface area contributed by atoms with E-state index in [4.69, 9.17) is 4.74 Å². The standard InChI is InChI=1S/C16H15F2NO/c1-10(16-13(17)3-2-4-14(16)18)19-12-5-6-15-11(9-12)7-8-20-15/h2-6,9-10,19H,7-8H2,1H3. The van der Waals surface area contributed by atoms with Gasteiger partial charge in [-0.2, -0.15) is 0 Å². The monoisotopic (exact) mass is 275 g/mol. The lowest BCUT2D eigenvalue weighted by atomic mass is 10.1. The minimum Gasteiger partial charge on any atom is -0.493 e. The van der Waals surface area contributed by atoms with Crippen LogP contribution in [0.5, 0.6) is 5.75 Å². The molecule has 0 aromatic heterocycles. The molecule has 0 fully saturated rings. The van der Waals surface area contributed by atoms with Crippen molar-refractivity contribution < 1.29 is 13.5 Å². The second-order valence-electron chi connectivity index (χ2n) is 4.92. The number of anilines is 1. The molecule has 0 aliphatic carbocycles. The summed E-state index contributed by atoms with van der Waals surface area (Å²) in [5.74, 6) is -0.177. The van der Waals surface area contributed by atoms with Gasteiger partial charge in [0.1, 0.15) is 17.4 Å². The quantitative estimate of drug-likeness (QED) is 0.911. The zero-order chi connectivity index (χ0) is 14.1. The highest BCUT2D eigenvalue weighted by molar-refractivity contribution is 5.53. The van der Waals surface area contributed by atoms with Crippen molar-refractivity contribution in [3.8, 4) is 5.75 Å². The molecule has 1 unspecified atom stereocenters. The van der Waals surface area contributed by atoms with Gasteiger partial charge in [0.05, 0.1) is 12.6 Å². The number of hydrogen-bond acceptors (Lipinski definition) is 2. The maximum absolute atomic E-state index is 13.7. The van der Waals surface area contributed by atoms with Gasteiger partial charge < -0.3 is 10.1 Å². The fraction of sp³-hybridized carbons (Fsp3) is 0.250. The lowest BCUT2D eigenvalue weighted by Crippen LogP contribution is -2.10.